The van der Waals surface area contributed by atoms with Crippen LogP contribution in [0.4, 0.5) is 24.8 Å². The molecule has 192 valence electrons. The zero-order chi connectivity index (χ0) is 26.2. The SMILES string of the molecule is Cc1ccc(NC(=O)c2cccc(C(F)(F)F)c2)cc1Oc1nc(N2CCOCC2)nc2c1ncn2C. The van der Waals surface area contributed by atoms with Crippen LogP contribution in [-0.2, 0) is 18.0 Å². The molecule has 0 spiro atoms. The highest BCUT2D eigenvalue weighted by atomic mass is 19.4. The number of anilines is 2. The number of carbonyl (C=O) groups excluding carboxylic acids is 1. The molecule has 2 aromatic carbocycles. The second-order valence-corrected chi connectivity index (χ2v) is 8.57. The van der Waals surface area contributed by atoms with Crippen LogP contribution in [0, 0.1) is 6.92 Å². The number of morpholine rings is 1. The van der Waals surface area contributed by atoms with Gasteiger partial charge in [-0.25, -0.2) is 4.98 Å². The first-order valence-corrected chi connectivity index (χ1v) is 11.5. The molecular weight excluding hydrogens is 489 g/mol. The molecule has 3 heterocycles. The Hall–Kier alpha value is -4.19. The molecule has 9 nitrogen and oxygen atoms in total. The Labute approximate surface area is 209 Å². The zero-order valence-corrected chi connectivity index (χ0v) is 20.0. The molecule has 0 bridgehead atoms. The second kappa shape index (κ2) is 9.69. The number of aromatic nitrogens is 4. The van der Waals surface area contributed by atoms with Crippen molar-refractivity contribution in [3.05, 3.63) is 65.5 Å². The molecule has 1 fully saturated rings. The van der Waals surface area contributed by atoms with E-state index in [1.165, 1.54) is 12.1 Å². The average Bonchev–Trinajstić information content (AvgIpc) is 3.27. The number of ether oxygens (including phenoxy) is 2. The summed E-state index contributed by atoms with van der Waals surface area (Å²) in [6.07, 6.45) is -2.93. The summed E-state index contributed by atoms with van der Waals surface area (Å²) in [5.41, 5.74) is 1.16. The van der Waals surface area contributed by atoms with Gasteiger partial charge in [-0.15, -0.1) is 0 Å². The quantitative estimate of drug-likeness (QED) is 0.419. The van der Waals surface area contributed by atoms with Crippen LogP contribution in [0.25, 0.3) is 11.2 Å². The van der Waals surface area contributed by atoms with Crippen LogP contribution in [0.15, 0.2) is 48.8 Å². The Morgan fingerprint density at radius 1 is 1.11 bits per heavy atom. The summed E-state index contributed by atoms with van der Waals surface area (Å²) in [7, 11) is 1.82. The number of nitrogens with one attached hydrogen (secondary N) is 1. The highest BCUT2D eigenvalue weighted by Gasteiger charge is 2.31. The third-order valence-electron chi connectivity index (χ3n) is 5.91. The minimum atomic E-state index is -4.55. The van der Waals surface area contributed by atoms with Gasteiger partial charge < -0.3 is 24.3 Å². The van der Waals surface area contributed by atoms with E-state index in [-0.39, 0.29) is 11.4 Å². The average molecular weight is 512 g/mol. The monoisotopic (exact) mass is 512 g/mol. The second-order valence-electron chi connectivity index (χ2n) is 8.57. The van der Waals surface area contributed by atoms with E-state index in [9.17, 15) is 18.0 Å². The lowest BCUT2D eigenvalue weighted by atomic mass is 10.1. The minimum absolute atomic E-state index is 0.112. The number of halogens is 3. The Balaban J connectivity index is 1.43. The lowest BCUT2D eigenvalue weighted by molar-refractivity contribution is -0.137. The van der Waals surface area contributed by atoms with Crippen LogP contribution in [0.2, 0.25) is 0 Å². The van der Waals surface area contributed by atoms with E-state index in [0.29, 0.717) is 54.9 Å². The third-order valence-corrected chi connectivity index (χ3v) is 5.91. The van der Waals surface area contributed by atoms with Gasteiger partial charge in [-0.2, -0.15) is 23.1 Å². The number of alkyl halides is 3. The van der Waals surface area contributed by atoms with Gasteiger partial charge in [0.2, 0.25) is 5.95 Å². The van der Waals surface area contributed by atoms with Crippen molar-refractivity contribution in [2.45, 2.75) is 13.1 Å². The number of aryl methyl sites for hydroxylation is 2. The van der Waals surface area contributed by atoms with Gasteiger partial charge in [-0.1, -0.05) is 12.1 Å². The maximum atomic E-state index is 13.0. The number of amides is 1. The zero-order valence-electron chi connectivity index (χ0n) is 20.0. The molecule has 0 aliphatic carbocycles. The van der Waals surface area contributed by atoms with Crippen molar-refractivity contribution >= 4 is 28.7 Å². The summed E-state index contributed by atoms with van der Waals surface area (Å²) in [5.74, 6) is 0.461. The lowest BCUT2D eigenvalue weighted by Gasteiger charge is -2.27. The van der Waals surface area contributed by atoms with E-state index in [1.807, 2.05) is 18.9 Å². The Bertz CT molecular complexity index is 1460. The smallest absolute Gasteiger partial charge is 0.416 e. The molecule has 4 aromatic rings. The largest absolute Gasteiger partial charge is 0.436 e. The van der Waals surface area contributed by atoms with E-state index >= 15 is 0 Å². The first-order chi connectivity index (χ1) is 17.7. The van der Waals surface area contributed by atoms with Gasteiger partial charge in [0.25, 0.3) is 11.8 Å². The van der Waals surface area contributed by atoms with Crippen molar-refractivity contribution in [3.63, 3.8) is 0 Å². The first-order valence-electron chi connectivity index (χ1n) is 11.5. The molecule has 1 N–H and O–H groups in total. The molecule has 2 aromatic heterocycles. The topological polar surface area (TPSA) is 94.4 Å². The van der Waals surface area contributed by atoms with Crippen LogP contribution in [-0.4, -0.2) is 51.7 Å². The van der Waals surface area contributed by atoms with Gasteiger partial charge in [0, 0.05) is 37.5 Å². The first kappa shape index (κ1) is 24.5. The number of benzene rings is 2. The van der Waals surface area contributed by atoms with Gasteiger partial charge in [0.1, 0.15) is 5.75 Å². The van der Waals surface area contributed by atoms with Crippen molar-refractivity contribution in [1.82, 2.24) is 19.5 Å². The number of fused-ring (bicyclic) bond motifs is 1. The number of imidazole rings is 1. The van der Waals surface area contributed by atoms with Crippen LogP contribution in [0.3, 0.4) is 0 Å². The van der Waals surface area contributed by atoms with Gasteiger partial charge in [-0.3, -0.25) is 4.79 Å². The van der Waals surface area contributed by atoms with Crippen molar-refractivity contribution in [3.8, 4) is 11.6 Å². The summed E-state index contributed by atoms with van der Waals surface area (Å²) in [6, 6.07) is 9.21. The van der Waals surface area contributed by atoms with E-state index in [1.54, 1.807) is 29.1 Å². The summed E-state index contributed by atoms with van der Waals surface area (Å²) in [6.45, 7) is 4.23. The van der Waals surface area contributed by atoms with Gasteiger partial charge >= 0.3 is 6.18 Å². The van der Waals surface area contributed by atoms with Crippen molar-refractivity contribution in [2.75, 3.05) is 36.5 Å². The molecule has 0 radical (unpaired) electrons. The van der Waals surface area contributed by atoms with Crippen LogP contribution >= 0.6 is 0 Å². The Morgan fingerprint density at radius 3 is 2.65 bits per heavy atom. The predicted molar refractivity (Wildman–Crippen MR) is 130 cm³/mol. The summed E-state index contributed by atoms with van der Waals surface area (Å²) < 4.78 is 52.5. The summed E-state index contributed by atoms with van der Waals surface area (Å²) in [5, 5.41) is 2.63. The maximum Gasteiger partial charge on any atom is 0.416 e. The normalized spacial score (nSPS) is 14.1. The van der Waals surface area contributed by atoms with Crippen molar-refractivity contribution in [1.29, 1.82) is 0 Å². The lowest BCUT2D eigenvalue weighted by Crippen LogP contribution is -2.37. The van der Waals surface area contributed by atoms with E-state index in [0.717, 1.165) is 17.7 Å². The molecule has 5 rings (SSSR count). The molecule has 12 heteroatoms. The number of carbonyl (C=O) groups is 1. The van der Waals surface area contributed by atoms with Gasteiger partial charge in [0.15, 0.2) is 11.2 Å². The van der Waals surface area contributed by atoms with E-state index in [4.69, 9.17) is 9.47 Å². The molecule has 0 saturated carbocycles. The molecule has 1 amide bonds. The van der Waals surface area contributed by atoms with Crippen LogP contribution in [0.5, 0.6) is 11.6 Å². The highest BCUT2D eigenvalue weighted by molar-refractivity contribution is 6.04. The molecule has 1 aliphatic rings. The minimum Gasteiger partial charge on any atom is -0.436 e. The fourth-order valence-corrected chi connectivity index (χ4v) is 3.88. The molecule has 37 heavy (non-hydrogen) atoms. The van der Waals surface area contributed by atoms with Crippen LogP contribution < -0.4 is 15.0 Å². The summed E-state index contributed by atoms with van der Waals surface area (Å²) in [4.78, 5) is 28.3. The highest BCUT2D eigenvalue weighted by Crippen LogP contribution is 2.33. The number of nitrogens with zero attached hydrogens (tertiary/aromatic N) is 5. The van der Waals surface area contributed by atoms with Crippen molar-refractivity contribution < 1.29 is 27.4 Å². The standard InChI is InChI=1S/C25H23F3N6O3/c1-15-6-7-18(30-22(35)16-4-3-5-17(12-16)25(26,27)28)13-19(15)37-23-20-21(33(2)14-29-20)31-24(32-23)34-8-10-36-11-9-34/h3-7,12-14H,8-11H2,1-2H3,(H,30,35). The number of hydrogen-bond acceptors (Lipinski definition) is 7. The van der Waals surface area contributed by atoms with Gasteiger partial charge in [-0.05, 0) is 36.8 Å². The van der Waals surface area contributed by atoms with Crippen LogP contribution in [0.1, 0.15) is 21.5 Å². The van der Waals surface area contributed by atoms with Gasteiger partial charge in [0.05, 0.1) is 25.1 Å². The maximum absolute atomic E-state index is 13.0. The molecule has 1 saturated heterocycles. The van der Waals surface area contributed by atoms with E-state index in [2.05, 4.69) is 20.3 Å². The number of hydrogen-bond donors (Lipinski definition) is 1. The third kappa shape index (κ3) is 5.19. The number of rotatable bonds is 5. The molecule has 0 atom stereocenters. The Kier molecular flexibility index (Phi) is 6.42. The fourth-order valence-electron chi connectivity index (χ4n) is 3.88. The van der Waals surface area contributed by atoms with E-state index < -0.39 is 17.6 Å². The molecule has 0 unspecified atom stereocenters. The van der Waals surface area contributed by atoms with Crippen molar-refractivity contribution in [2.24, 2.45) is 7.05 Å². The fraction of sp³-hybridized carbons (Fsp3) is 0.280. The molecular formula is C25H23F3N6O3. The Morgan fingerprint density at radius 2 is 1.89 bits per heavy atom. The summed E-state index contributed by atoms with van der Waals surface area (Å²) >= 11 is 0. The molecule has 1 aliphatic heterocycles. The predicted octanol–water partition coefficient (Wildman–Crippen LogP) is 4.57.